The normalized spacial score (nSPS) is 10.2. The minimum absolute atomic E-state index is 0.109. The van der Waals surface area contributed by atoms with Gasteiger partial charge in [-0.1, -0.05) is 0 Å². The number of nitrogens with two attached hydrogens (primary N) is 1. The molecule has 0 aliphatic carbocycles. The lowest BCUT2D eigenvalue weighted by Crippen LogP contribution is -2.15. The number of anilines is 1. The standard InChI is InChI=1S/C12H15N6O3/c1-20-9-7-15-12(16-11(9)21-2)14-4-6-18-5-3-8(17-18)10(13)19/h5,7H,4,6H2,1-2H3,(H2,13,19)(H,14,15,16). The summed E-state index contributed by atoms with van der Waals surface area (Å²) in [6, 6.07) is 2.67. The van der Waals surface area contributed by atoms with Gasteiger partial charge in [0, 0.05) is 18.8 Å². The van der Waals surface area contributed by atoms with Crippen LogP contribution >= 0.6 is 0 Å². The molecule has 9 nitrogen and oxygen atoms in total. The lowest BCUT2D eigenvalue weighted by molar-refractivity contribution is 0.0994. The average Bonchev–Trinajstić information content (AvgIpc) is 2.96. The number of carbonyl (C=O) groups excluding carboxylic acids is 1. The number of primary amides is 1. The second kappa shape index (κ2) is 6.55. The number of hydrogen-bond acceptors (Lipinski definition) is 7. The van der Waals surface area contributed by atoms with Gasteiger partial charge in [0.15, 0.2) is 11.4 Å². The zero-order valence-electron chi connectivity index (χ0n) is 11.7. The van der Waals surface area contributed by atoms with Crippen LogP contribution in [0.25, 0.3) is 0 Å². The number of aromatic nitrogens is 4. The van der Waals surface area contributed by atoms with Gasteiger partial charge in [-0.2, -0.15) is 10.1 Å². The van der Waals surface area contributed by atoms with Crippen molar-refractivity contribution >= 4 is 11.9 Å². The Morgan fingerprint density at radius 1 is 1.48 bits per heavy atom. The van der Waals surface area contributed by atoms with Gasteiger partial charge in [0.05, 0.1) is 27.0 Å². The quantitative estimate of drug-likeness (QED) is 0.719. The molecule has 0 aliphatic rings. The maximum absolute atomic E-state index is 10.9. The number of hydrogen-bond donors (Lipinski definition) is 2. The molecular weight excluding hydrogens is 276 g/mol. The molecule has 0 atom stereocenters. The van der Waals surface area contributed by atoms with Crippen molar-refractivity contribution in [1.82, 2.24) is 19.7 Å². The number of nitrogens with zero attached hydrogens (tertiary/aromatic N) is 4. The first kappa shape index (κ1) is 14.6. The molecule has 0 aliphatic heterocycles. The van der Waals surface area contributed by atoms with E-state index < -0.39 is 5.91 Å². The zero-order valence-corrected chi connectivity index (χ0v) is 11.7. The fourth-order valence-electron chi connectivity index (χ4n) is 1.57. The number of nitrogens with one attached hydrogen (secondary N) is 1. The predicted octanol–water partition coefficient (Wildman–Crippen LogP) is -0.299. The van der Waals surface area contributed by atoms with Crippen LogP contribution < -0.4 is 20.5 Å². The fourth-order valence-corrected chi connectivity index (χ4v) is 1.57. The molecule has 2 heterocycles. The highest BCUT2D eigenvalue weighted by atomic mass is 16.5. The van der Waals surface area contributed by atoms with Gasteiger partial charge in [-0.05, 0) is 0 Å². The van der Waals surface area contributed by atoms with Gasteiger partial charge in [0.1, 0.15) is 0 Å². The molecule has 0 spiro atoms. The van der Waals surface area contributed by atoms with E-state index in [0.717, 1.165) is 0 Å². The molecule has 0 bridgehead atoms. The van der Waals surface area contributed by atoms with E-state index in [4.69, 9.17) is 15.2 Å². The zero-order chi connectivity index (χ0) is 15.2. The van der Waals surface area contributed by atoms with E-state index in [2.05, 4.69) is 26.4 Å². The molecule has 0 fully saturated rings. The largest absolute Gasteiger partial charge is 0.490 e. The van der Waals surface area contributed by atoms with Crippen LogP contribution in [0, 0.1) is 6.07 Å². The van der Waals surface area contributed by atoms with E-state index in [1.165, 1.54) is 20.4 Å². The molecule has 0 saturated heterocycles. The molecule has 1 radical (unpaired) electrons. The topological polar surface area (TPSA) is 117 Å². The van der Waals surface area contributed by atoms with E-state index in [9.17, 15) is 4.79 Å². The first-order valence-electron chi connectivity index (χ1n) is 6.08. The summed E-state index contributed by atoms with van der Waals surface area (Å²) < 4.78 is 11.7. The Morgan fingerprint density at radius 3 is 2.90 bits per heavy atom. The van der Waals surface area contributed by atoms with Crippen molar-refractivity contribution in [3.63, 3.8) is 0 Å². The van der Waals surface area contributed by atoms with Crippen molar-refractivity contribution < 1.29 is 14.3 Å². The van der Waals surface area contributed by atoms with Crippen molar-refractivity contribution in [2.45, 2.75) is 6.54 Å². The molecule has 111 valence electrons. The predicted molar refractivity (Wildman–Crippen MR) is 73.2 cm³/mol. The molecule has 0 aromatic carbocycles. The third kappa shape index (κ3) is 3.59. The highest BCUT2D eigenvalue weighted by Gasteiger charge is 2.08. The fraction of sp³-hybridized carbons (Fsp3) is 0.333. The summed E-state index contributed by atoms with van der Waals surface area (Å²) in [6.45, 7) is 1.00. The second-order valence-corrected chi connectivity index (χ2v) is 3.95. The number of rotatable bonds is 7. The number of amides is 1. The first-order valence-corrected chi connectivity index (χ1v) is 6.08. The Balaban J connectivity index is 1.92. The molecule has 2 rings (SSSR count). The van der Waals surface area contributed by atoms with Crippen molar-refractivity contribution in [2.75, 3.05) is 26.1 Å². The summed E-state index contributed by atoms with van der Waals surface area (Å²) in [7, 11) is 3.01. The SMILES string of the molecule is COc1cnc(NCCn2c[c]c(C(N)=O)n2)nc1OC. The van der Waals surface area contributed by atoms with Crippen LogP contribution in [0.2, 0.25) is 0 Å². The van der Waals surface area contributed by atoms with Gasteiger partial charge in [-0.25, -0.2) is 4.98 Å². The molecule has 3 N–H and O–H groups in total. The number of methoxy groups -OCH3 is 2. The number of ether oxygens (including phenoxy) is 2. The van der Waals surface area contributed by atoms with E-state index in [1.807, 2.05) is 0 Å². The average molecular weight is 291 g/mol. The summed E-state index contributed by atoms with van der Waals surface area (Å²) in [5, 5.41) is 6.97. The van der Waals surface area contributed by atoms with Crippen LogP contribution in [0.3, 0.4) is 0 Å². The third-order valence-corrected chi connectivity index (χ3v) is 2.57. The van der Waals surface area contributed by atoms with E-state index >= 15 is 0 Å². The van der Waals surface area contributed by atoms with Crippen LogP contribution in [-0.2, 0) is 6.54 Å². The van der Waals surface area contributed by atoms with Crippen LogP contribution in [0.4, 0.5) is 5.95 Å². The minimum atomic E-state index is -0.607. The molecule has 2 aromatic heterocycles. The van der Waals surface area contributed by atoms with Crippen LogP contribution in [0.1, 0.15) is 10.5 Å². The van der Waals surface area contributed by atoms with Gasteiger partial charge >= 0.3 is 0 Å². The van der Waals surface area contributed by atoms with Crippen LogP contribution in [0.5, 0.6) is 11.6 Å². The van der Waals surface area contributed by atoms with Gasteiger partial charge in [-0.15, -0.1) is 0 Å². The number of carbonyl (C=O) groups is 1. The summed E-state index contributed by atoms with van der Waals surface area (Å²) in [5.74, 6) is 0.595. The molecular formula is C12H15N6O3. The Bertz CT molecular complexity index is 627. The van der Waals surface area contributed by atoms with Crippen molar-refractivity contribution in [2.24, 2.45) is 5.73 Å². The van der Waals surface area contributed by atoms with E-state index in [1.54, 1.807) is 10.9 Å². The Labute approximate surface area is 121 Å². The molecule has 2 aromatic rings. The molecule has 0 unspecified atom stereocenters. The smallest absolute Gasteiger partial charge is 0.269 e. The van der Waals surface area contributed by atoms with Gasteiger partial charge < -0.3 is 20.5 Å². The molecule has 21 heavy (non-hydrogen) atoms. The van der Waals surface area contributed by atoms with E-state index in [-0.39, 0.29) is 5.69 Å². The van der Waals surface area contributed by atoms with Gasteiger partial charge in [0.2, 0.25) is 5.95 Å². The molecule has 0 saturated carbocycles. The van der Waals surface area contributed by atoms with Crippen LogP contribution in [0.15, 0.2) is 12.4 Å². The van der Waals surface area contributed by atoms with Gasteiger partial charge in [-0.3, -0.25) is 9.48 Å². The molecule has 9 heteroatoms. The van der Waals surface area contributed by atoms with Crippen molar-refractivity contribution in [3.05, 3.63) is 24.2 Å². The summed E-state index contributed by atoms with van der Waals surface area (Å²) in [4.78, 5) is 19.1. The van der Waals surface area contributed by atoms with E-state index in [0.29, 0.717) is 30.7 Å². The summed E-state index contributed by atoms with van der Waals surface area (Å²) >= 11 is 0. The lowest BCUT2D eigenvalue weighted by atomic mass is 10.4. The monoisotopic (exact) mass is 291 g/mol. The summed E-state index contributed by atoms with van der Waals surface area (Å²) in [6.07, 6.45) is 3.07. The Hall–Kier alpha value is -2.84. The highest BCUT2D eigenvalue weighted by molar-refractivity contribution is 5.90. The lowest BCUT2D eigenvalue weighted by Gasteiger charge is -2.09. The maximum Gasteiger partial charge on any atom is 0.269 e. The van der Waals surface area contributed by atoms with Gasteiger partial charge in [0.25, 0.3) is 11.8 Å². The Morgan fingerprint density at radius 2 is 2.29 bits per heavy atom. The van der Waals surface area contributed by atoms with Crippen molar-refractivity contribution in [3.8, 4) is 11.6 Å². The first-order chi connectivity index (χ1) is 10.1. The maximum atomic E-state index is 10.9. The highest BCUT2D eigenvalue weighted by Crippen LogP contribution is 2.23. The Kier molecular flexibility index (Phi) is 4.54. The third-order valence-electron chi connectivity index (χ3n) is 2.57. The summed E-state index contributed by atoms with van der Waals surface area (Å²) in [5.41, 5.74) is 5.21. The second-order valence-electron chi connectivity index (χ2n) is 3.95. The van der Waals surface area contributed by atoms with Crippen molar-refractivity contribution in [1.29, 1.82) is 0 Å². The van der Waals surface area contributed by atoms with Crippen LogP contribution in [-0.4, -0.2) is 46.4 Å². The molecule has 1 amide bonds. The minimum Gasteiger partial charge on any atom is -0.490 e.